The van der Waals surface area contributed by atoms with E-state index in [0.717, 1.165) is 17.3 Å². The van der Waals surface area contributed by atoms with Crippen LogP contribution in [0, 0.1) is 12.8 Å². The number of hydrogen-bond donors (Lipinski definition) is 1. The van der Waals surface area contributed by atoms with Gasteiger partial charge in [-0.15, -0.1) is 0 Å². The molecule has 1 atom stereocenters. The molecule has 2 heterocycles. The summed E-state index contributed by atoms with van der Waals surface area (Å²) in [7, 11) is 1.93. The molecule has 1 aromatic heterocycles. The summed E-state index contributed by atoms with van der Waals surface area (Å²) < 4.78 is 1.95. The van der Waals surface area contributed by atoms with Crippen molar-refractivity contribution in [2.75, 3.05) is 19.6 Å². The number of nitrogens with one attached hydrogen (secondary N) is 1. The number of rotatable bonds is 5. The van der Waals surface area contributed by atoms with Gasteiger partial charge in [-0.1, -0.05) is 42.0 Å². The van der Waals surface area contributed by atoms with Gasteiger partial charge in [0.15, 0.2) is 0 Å². The Morgan fingerprint density at radius 1 is 1.10 bits per heavy atom. The number of amides is 2. The van der Waals surface area contributed by atoms with Gasteiger partial charge >= 0.3 is 0 Å². The summed E-state index contributed by atoms with van der Waals surface area (Å²) in [5.41, 5.74) is 4.11. The zero-order valence-corrected chi connectivity index (χ0v) is 17.0. The second kappa shape index (κ2) is 8.11. The maximum atomic E-state index is 13.1. The van der Waals surface area contributed by atoms with Crippen molar-refractivity contribution in [3.8, 4) is 0 Å². The predicted molar refractivity (Wildman–Crippen MR) is 115 cm³/mol. The second-order valence-electron chi connectivity index (χ2n) is 7.91. The highest BCUT2D eigenvalue weighted by molar-refractivity contribution is 5.99. The molecular formula is C24H27N3O2. The molecular weight excluding hydrogens is 362 g/mol. The van der Waals surface area contributed by atoms with E-state index < -0.39 is 0 Å². The van der Waals surface area contributed by atoms with Crippen molar-refractivity contribution >= 4 is 22.7 Å². The van der Waals surface area contributed by atoms with Crippen LogP contribution in [0.15, 0.2) is 54.6 Å². The van der Waals surface area contributed by atoms with Gasteiger partial charge in [-0.2, -0.15) is 0 Å². The molecule has 0 spiro atoms. The van der Waals surface area contributed by atoms with Crippen LogP contribution in [-0.4, -0.2) is 40.9 Å². The van der Waals surface area contributed by atoms with Crippen molar-refractivity contribution < 1.29 is 9.59 Å². The summed E-state index contributed by atoms with van der Waals surface area (Å²) in [4.78, 5) is 27.4. The number of fused-ring (bicyclic) bond motifs is 1. The summed E-state index contributed by atoms with van der Waals surface area (Å²) in [6.07, 6.45) is 1.53. The molecule has 1 saturated heterocycles. The average Bonchev–Trinajstić information content (AvgIpc) is 3.33. The Morgan fingerprint density at radius 2 is 1.90 bits per heavy atom. The zero-order chi connectivity index (χ0) is 20.4. The topological polar surface area (TPSA) is 54.3 Å². The standard InChI is InChI=1S/C24H27N3O2/c1-17-8-9-21-20(14-17)15-22(26(21)2)24(29)27-13-11-19(16-27)23(28)25-12-10-18-6-4-3-5-7-18/h3-9,14-15,19H,10-13,16H2,1-2H3,(H,25,28)/t19-/m0/s1. The van der Waals surface area contributed by atoms with Crippen LogP contribution in [0.2, 0.25) is 0 Å². The highest BCUT2D eigenvalue weighted by atomic mass is 16.2. The first-order chi connectivity index (χ1) is 14.0. The van der Waals surface area contributed by atoms with E-state index >= 15 is 0 Å². The number of likely N-dealkylation sites (tertiary alicyclic amines) is 1. The lowest BCUT2D eigenvalue weighted by molar-refractivity contribution is -0.124. The quantitative estimate of drug-likeness (QED) is 0.728. The van der Waals surface area contributed by atoms with Crippen molar-refractivity contribution in [1.29, 1.82) is 0 Å². The lowest BCUT2D eigenvalue weighted by Gasteiger charge is -2.17. The second-order valence-corrected chi connectivity index (χ2v) is 7.91. The number of nitrogens with zero attached hydrogens (tertiary/aromatic N) is 2. The van der Waals surface area contributed by atoms with Crippen LogP contribution in [-0.2, 0) is 18.3 Å². The molecule has 1 aliphatic rings. The number of hydrogen-bond acceptors (Lipinski definition) is 2. The van der Waals surface area contributed by atoms with Crippen LogP contribution >= 0.6 is 0 Å². The van der Waals surface area contributed by atoms with E-state index in [2.05, 4.69) is 42.6 Å². The van der Waals surface area contributed by atoms with Crippen LogP contribution in [0.3, 0.4) is 0 Å². The Labute approximate surface area is 171 Å². The molecule has 2 amide bonds. The molecule has 0 unspecified atom stereocenters. The normalized spacial score (nSPS) is 16.3. The summed E-state index contributed by atoms with van der Waals surface area (Å²) in [5.74, 6) is -0.0866. The average molecular weight is 389 g/mol. The van der Waals surface area contributed by atoms with E-state index in [0.29, 0.717) is 31.7 Å². The van der Waals surface area contributed by atoms with Crippen LogP contribution in [0.25, 0.3) is 10.9 Å². The Morgan fingerprint density at radius 3 is 2.69 bits per heavy atom. The fraction of sp³-hybridized carbons (Fsp3) is 0.333. The fourth-order valence-electron chi connectivity index (χ4n) is 4.11. The van der Waals surface area contributed by atoms with E-state index in [1.807, 2.05) is 40.8 Å². The highest BCUT2D eigenvalue weighted by Crippen LogP contribution is 2.24. The monoisotopic (exact) mass is 389 g/mol. The molecule has 1 N–H and O–H groups in total. The minimum absolute atomic E-state index is 0.000869. The first kappa shape index (κ1) is 19.2. The van der Waals surface area contributed by atoms with Gasteiger partial charge in [0, 0.05) is 37.6 Å². The molecule has 0 aliphatic carbocycles. The van der Waals surface area contributed by atoms with E-state index in [1.54, 1.807) is 0 Å². The molecule has 0 saturated carbocycles. The maximum absolute atomic E-state index is 13.1. The molecule has 29 heavy (non-hydrogen) atoms. The molecule has 0 radical (unpaired) electrons. The molecule has 5 nitrogen and oxygen atoms in total. The van der Waals surface area contributed by atoms with Crippen LogP contribution in [0.4, 0.5) is 0 Å². The minimum atomic E-state index is -0.133. The summed E-state index contributed by atoms with van der Waals surface area (Å²) in [5, 5.41) is 4.10. The smallest absolute Gasteiger partial charge is 0.270 e. The number of aromatic nitrogens is 1. The minimum Gasteiger partial charge on any atom is -0.355 e. The van der Waals surface area contributed by atoms with Crippen molar-refractivity contribution in [1.82, 2.24) is 14.8 Å². The molecule has 1 fully saturated rings. The first-order valence-electron chi connectivity index (χ1n) is 10.2. The number of benzene rings is 2. The van der Waals surface area contributed by atoms with Crippen LogP contribution in [0.5, 0.6) is 0 Å². The van der Waals surface area contributed by atoms with Crippen molar-refractivity contribution in [2.45, 2.75) is 19.8 Å². The van der Waals surface area contributed by atoms with E-state index in [1.165, 1.54) is 11.1 Å². The third-order valence-corrected chi connectivity index (χ3v) is 5.82. The van der Waals surface area contributed by atoms with Gasteiger partial charge in [0.25, 0.3) is 5.91 Å². The molecule has 2 aromatic carbocycles. The Hall–Kier alpha value is -3.08. The lowest BCUT2D eigenvalue weighted by atomic mass is 10.1. The van der Waals surface area contributed by atoms with Gasteiger partial charge in [0.2, 0.25) is 5.91 Å². The predicted octanol–water partition coefficient (Wildman–Crippen LogP) is 3.31. The van der Waals surface area contributed by atoms with Gasteiger partial charge in [0.05, 0.1) is 5.92 Å². The number of carbonyl (C=O) groups is 2. The van der Waals surface area contributed by atoms with Crippen LogP contribution < -0.4 is 5.32 Å². The maximum Gasteiger partial charge on any atom is 0.270 e. The number of carbonyl (C=O) groups excluding carboxylic acids is 2. The third-order valence-electron chi connectivity index (χ3n) is 5.82. The summed E-state index contributed by atoms with van der Waals surface area (Å²) in [6, 6.07) is 18.3. The molecule has 4 rings (SSSR count). The third kappa shape index (κ3) is 4.04. The Kier molecular flexibility index (Phi) is 5.38. The largest absolute Gasteiger partial charge is 0.355 e. The van der Waals surface area contributed by atoms with Gasteiger partial charge in [-0.05, 0) is 43.5 Å². The van der Waals surface area contributed by atoms with Crippen molar-refractivity contribution in [3.05, 3.63) is 71.4 Å². The Balaban J connectivity index is 1.36. The summed E-state index contributed by atoms with van der Waals surface area (Å²) in [6.45, 7) is 3.78. The lowest BCUT2D eigenvalue weighted by Crippen LogP contribution is -2.35. The van der Waals surface area contributed by atoms with Crippen LogP contribution in [0.1, 0.15) is 28.0 Å². The van der Waals surface area contributed by atoms with Crippen molar-refractivity contribution in [3.63, 3.8) is 0 Å². The Bertz CT molecular complexity index is 1040. The fourth-order valence-corrected chi connectivity index (χ4v) is 4.11. The summed E-state index contributed by atoms with van der Waals surface area (Å²) >= 11 is 0. The van der Waals surface area contributed by atoms with E-state index in [-0.39, 0.29) is 17.7 Å². The van der Waals surface area contributed by atoms with Gasteiger partial charge < -0.3 is 14.8 Å². The number of aryl methyl sites for hydroxylation is 2. The molecule has 3 aromatic rings. The van der Waals surface area contributed by atoms with Gasteiger partial charge in [-0.3, -0.25) is 9.59 Å². The zero-order valence-electron chi connectivity index (χ0n) is 17.0. The van der Waals surface area contributed by atoms with Gasteiger partial charge in [0.1, 0.15) is 5.69 Å². The molecule has 1 aliphatic heterocycles. The van der Waals surface area contributed by atoms with E-state index in [4.69, 9.17) is 0 Å². The molecule has 0 bridgehead atoms. The van der Waals surface area contributed by atoms with E-state index in [9.17, 15) is 9.59 Å². The van der Waals surface area contributed by atoms with Crippen molar-refractivity contribution in [2.24, 2.45) is 13.0 Å². The first-order valence-corrected chi connectivity index (χ1v) is 10.2. The highest BCUT2D eigenvalue weighted by Gasteiger charge is 2.32. The SMILES string of the molecule is Cc1ccc2c(c1)cc(C(=O)N1CC[C@H](C(=O)NCCc3ccccc3)C1)n2C. The molecule has 150 valence electrons. The molecule has 5 heteroatoms. The van der Waals surface area contributed by atoms with Gasteiger partial charge in [-0.25, -0.2) is 0 Å².